The van der Waals surface area contributed by atoms with Gasteiger partial charge in [-0.15, -0.1) is 0 Å². The van der Waals surface area contributed by atoms with Crippen molar-refractivity contribution >= 4 is 17.1 Å². The van der Waals surface area contributed by atoms with Gasteiger partial charge in [-0.05, 0) is 18.2 Å². The summed E-state index contributed by atoms with van der Waals surface area (Å²) in [4.78, 5) is 4.20. The van der Waals surface area contributed by atoms with E-state index in [4.69, 9.17) is 16.0 Å². The molecule has 0 saturated carbocycles. The van der Waals surface area contributed by atoms with Crippen molar-refractivity contribution in [3.63, 3.8) is 0 Å². The Kier molecular flexibility index (Phi) is 1.91. The van der Waals surface area contributed by atoms with Gasteiger partial charge in [0.15, 0.2) is 16.7 Å². The summed E-state index contributed by atoms with van der Waals surface area (Å²) in [5.74, 6) is 1.40. The molecule has 5 heteroatoms. The van der Waals surface area contributed by atoms with Gasteiger partial charge in [-0.1, -0.05) is 11.6 Å². The second-order valence-corrected chi connectivity index (χ2v) is 3.70. The largest absolute Gasteiger partial charge is 0.508 e. The number of nitrogens with zero attached hydrogens (tertiary/aromatic N) is 2. The number of fused-ring (bicyclic) bond motifs is 1. The Morgan fingerprint density at radius 2 is 2.25 bits per heavy atom. The Morgan fingerprint density at radius 3 is 3.00 bits per heavy atom. The van der Waals surface area contributed by atoms with Crippen LogP contribution in [-0.4, -0.2) is 14.5 Å². The van der Waals surface area contributed by atoms with Gasteiger partial charge in [-0.2, -0.15) is 0 Å². The molecule has 4 nitrogen and oxygen atoms in total. The van der Waals surface area contributed by atoms with Crippen molar-refractivity contribution in [1.82, 2.24) is 9.38 Å². The number of pyridine rings is 1. The van der Waals surface area contributed by atoms with Crippen LogP contribution in [0.25, 0.3) is 17.1 Å². The van der Waals surface area contributed by atoms with Crippen LogP contribution in [0.1, 0.15) is 0 Å². The quantitative estimate of drug-likeness (QED) is 0.704. The van der Waals surface area contributed by atoms with Gasteiger partial charge in [-0.25, -0.2) is 4.98 Å². The predicted octanol–water partition coefficient (Wildman–Crippen LogP) is 2.95. The van der Waals surface area contributed by atoms with Gasteiger partial charge in [0.05, 0.1) is 11.8 Å². The summed E-state index contributed by atoms with van der Waals surface area (Å²) in [6.07, 6.45) is 3.27. The number of hydrogen-bond donors (Lipinski definition) is 1. The van der Waals surface area contributed by atoms with Crippen LogP contribution in [0.15, 0.2) is 41.1 Å². The van der Waals surface area contributed by atoms with Crippen molar-refractivity contribution < 1.29 is 9.52 Å². The lowest BCUT2D eigenvalue weighted by molar-refractivity contribution is 0.475. The first kappa shape index (κ1) is 9.30. The molecule has 3 rings (SSSR count). The Morgan fingerprint density at radius 1 is 1.38 bits per heavy atom. The van der Waals surface area contributed by atoms with E-state index in [1.807, 2.05) is 0 Å². The van der Waals surface area contributed by atoms with Crippen LogP contribution < -0.4 is 0 Å². The maximum absolute atomic E-state index is 9.37. The van der Waals surface area contributed by atoms with E-state index in [9.17, 15) is 5.11 Å². The Hall–Kier alpha value is -1.94. The van der Waals surface area contributed by atoms with E-state index in [0.717, 1.165) is 0 Å². The van der Waals surface area contributed by atoms with Gasteiger partial charge in [0.1, 0.15) is 5.75 Å². The zero-order valence-electron chi connectivity index (χ0n) is 8.09. The molecule has 0 spiro atoms. The van der Waals surface area contributed by atoms with Crippen LogP contribution in [-0.2, 0) is 0 Å². The second-order valence-electron chi connectivity index (χ2n) is 3.34. The van der Waals surface area contributed by atoms with Crippen molar-refractivity contribution in [1.29, 1.82) is 0 Å². The minimum absolute atomic E-state index is 0.153. The van der Waals surface area contributed by atoms with Gasteiger partial charge >= 0.3 is 0 Å². The van der Waals surface area contributed by atoms with Crippen molar-refractivity contribution in [2.45, 2.75) is 0 Å². The van der Waals surface area contributed by atoms with E-state index in [-0.39, 0.29) is 5.75 Å². The van der Waals surface area contributed by atoms with Gasteiger partial charge < -0.3 is 9.52 Å². The van der Waals surface area contributed by atoms with Crippen LogP contribution in [0.2, 0.25) is 5.15 Å². The molecule has 0 amide bonds. The summed E-state index contributed by atoms with van der Waals surface area (Å²) >= 11 is 5.98. The number of rotatable bonds is 1. The Bertz CT molecular complexity index is 643. The summed E-state index contributed by atoms with van der Waals surface area (Å²) in [6, 6.07) is 6.71. The lowest BCUT2D eigenvalue weighted by Gasteiger charge is -1.98. The molecule has 0 unspecified atom stereocenters. The number of imidazole rings is 1. The highest BCUT2D eigenvalue weighted by Crippen LogP contribution is 2.27. The van der Waals surface area contributed by atoms with Crippen molar-refractivity contribution in [3.8, 4) is 17.3 Å². The zero-order valence-corrected chi connectivity index (χ0v) is 8.85. The lowest BCUT2D eigenvalue weighted by Crippen LogP contribution is -1.86. The first-order chi connectivity index (χ1) is 7.75. The normalized spacial score (nSPS) is 11.1. The van der Waals surface area contributed by atoms with E-state index >= 15 is 0 Å². The Balaban J connectivity index is 2.35. The summed E-state index contributed by atoms with van der Waals surface area (Å²) < 4.78 is 7.03. The van der Waals surface area contributed by atoms with Crippen molar-refractivity contribution in [2.75, 3.05) is 0 Å². The fourth-order valence-electron chi connectivity index (χ4n) is 1.62. The third-order valence-electron chi connectivity index (χ3n) is 2.32. The predicted molar refractivity (Wildman–Crippen MR) is 59.6 cm³/mol. The molecular weight excluding hydrogens is 228 g/mol. The standard InChI is InChI=1S/C11H7ClN2O2/c12-10-8-6-7(15)3-4-14(8)11(13-10)9-2-1-5-16-9/h1-6,15H. The van der Waals surface area contributed by atoms with Gasteiger partial charge in [0, 0.05) is 12.3 Å². The molecule has 16 heavy (non-hydrogen) atoms. The molecule has 0 saturated heterocycles. The molecule has 0 aliphatic carbocycles. The van der Waals surface area contributed by atoms with E-state index in [1.165, 1.54) is 0 Å². The van der Waals surface area contributed by atoms with Crippen LogP contribution in [0, 0.1) is 0 Å². The number of aromatic nitrogens is 2. The second kappa shape index (κ2) is 3.28. The molecule has 0 atom stereocenters. The third kappa shape index (κ3) is 1.27. The maximum Gasteiger partial charge on any atom is 0.182 e. The van der Waals surface area contributed by atoms with Gasteiger partial charge in [0.2, 0.25) is 0 Å². The van der Waals surface area contributed by atoms with Crippen LogP contribution in [0.5, 0.6) is 5.75 Å². The minimum atomic E-state index is 0.153. The fourth-order valence-corrected chi connectivity index (χ4v) is 1.84. The minimum Gasteiger partial charge on any atom is -0.508 e. The molecule has 3 heterocycles. The topological polar surface area (TPSA) is 50.7 Å². The van der Waals surface area contributed by atoms with Gasteiger partial charge in [0.25, 0.3) is 0 Å². The smallest absolute Gasteiger partial charge is 0.182 e. The monoisotopic (exact) mass is 234 g/mol. The lowest BCUT2D eigenvalue weighted by atomic mass is 10.4. The average molecular weight is 235 g/mol. The molecule has 0 radical (unpaired) electrons. The van der Waals surface area contributed by atoms with Crippen LogP contribution in [0.4, 0.5) is 0 Å². The SMILES string of the molecule is Oc1ccn2c(-c3ccco3)nc(Cl)c2c1. The zero-order chi connectivity index (χ0) is 11.1. The molecule has 0 aromatic carbocycles. The molecular formula is C11H7ClN2O2. The fraction of sp³-hybridized carbons (Fsp3) is 0. The summed E-state index contributed by atoms with van der Waals surface area (Å²) in [5.41, 5.74) is 0.646. The van der Waals surface area contributed by atoms with Crippen molar-refractivity contribution in [3.05, 3.63) is 41.9 Å². The van der Waals surface area contributed by atoms with Gasteiger partial charge in [-0.3, -0.25) is 4.40 Å². The molecule has 1 N–H and O–H groups in total. The summed E-state index contributed by atoms with van der Waals surface area (Å²) in [7, 11) is 0. The molecule has 0 fully saturated rings. The van der Waals surface area contributed by atoms with E-state index in [2.05, 4.69) is 4.98 Å². The molecule has 3 aromatic rings. The van der Waals surface area contributed by atoms with Crippen LogP contribution in [0.3, 0.4) is 0 Å². The van der Waals surface area contributed by atoms with Crippen molar-refractivity contribution in [2.24, 2.45) is 0 Å². The number of aromatic hydroxyl groups is 1. The van der Waals surface area contributed by atoms with Crippen LogP contribution >= 0.6 is 11.6 Å². The van der Waals surface area contributed by atoms with E-state index < -0.39 is 0 Å². The summed E-state index contributed by atoms with van der Waals surface area (Å²) in [5, 5.41) is 9.71. The number of hydrogen-bond acceptors (Lipinski definition) is 3. The highest BCUT2D eigenvalue weighted by atomic mass is 35.5. The molecule has 0 bridgehead atoms. The molecule has 3 aromatic heterocycles. The van der Waals surface area contributed by atoms with E-state index in [0.29, 0.717) is 22.3 Å². The molecule has 0 aliphatic rings. The number of furan rings is 1. The highest BCUT2D eigenvalue weighted by molar-refractivity contribution is 6.32. The molecule has 80 valence electrons. The first-order valence-corrected chi connectivity index (χ1v) is 5.04. The molecule has 0 aliphatic heterocycles. The van der Waals surface area contributed by atoms with E-state index in [1.54, 1.807) is 41.1 Å². The first-order valence-electron chi connectivity index (χ1n) is 4.66. The summed E-state index contributed by atoms with van der Waals surface area (Å²) in [6.45, 7) is 0. The third-order valence-corrected chi connectivity index (χ3v) is 2.60. The highest BCUT2D eigenvalue weighted by Gasteiger charge is 2.13. The Labute approximate surface area is 95.7 Å². The number of halogens is 1. The maximum atomic E-state index is 9.37. The average Bonchev–Trinajstić information content (AvgIpc) is 2.87.